The van der Waals surface area contributed by atoms with Gasteiger partial charge in [-0.1, -0.05) is 15.9 Å². The predicted octanol–water partition coefficient (Wildman–Crippen LogP) is 3.35. The number of aromatic nitrogens is 3. The van der Waals surface area contributed by atoms with Crippen molar-refractivity contribution >= 4 is 27.5 Å². The molecule has 0 fully saturated rings. The van der Waals surface area contributed by atoms with Crippen molar-refractivity contribution in [3.05, 3.63) is 65.5 Å². The van der Waals surface area contributed by atoms with E-state index in [4.69, 9.17) is 0 Å². The van der Waals surface area contributed by atoms with Crippen molar-refractivity contribution in [2.24, 2.45) is 0 Å². The van der Waals surface area contributed by atoms with Crippen molar-refractivity contribution in [1.82, 2.24) is 14.8 Å². The SMILES string of the molecule is O=C(Cn1nccc1-c1ccncc1)Nc1ccc(Br)cc1. The first-order valence-corrected chi connectivity index (χ1v) is 7.49. The second-order valence-electron chi connectivity index (χ2n) is 4.67. The van der Waals surface area contributed by atoms with Crippen LogP contribution < -0.4 is 5.32 Å². The molecule has 1 aromatic carbocycles. The van der Waals surface area contributed by atoms with Gasteiger partial charge in [0, 0.05) is 34.3 Å². The summed E-state index contributed by atoms with van der Waals surface area (Å²) < 4.78 is 2.64. The number of nitrogens with one attached hydrogen (secondary N) is 1. The Morgan fingerprint density at radius 3 is 2.50 bits per heavy atom. The Morgan fingerprint density at radius 1 is 1.05 bits per heavy atom. The van der Waals surface area contributed by atoms with Gasteiger partial charge in [-0.15, -0.1) is 0 Å². The van der Waals surface area contributed by atoms with E-state index < -0.39 is 0 Å². The highest BCUT2D eigenvalue weighted by atomic mass is 79.9. The molecule has 6 heteroatoms. The molecule has 0 atom stereocenters. The monoisotopic (exact) mass is 356 g/mol. The van der Waals surface area contributed by atoms with Crippen LogP contribution in [-0.2, 0) is 11.3 Å². The zero-order chi connectivity index (χ0) is 15.4. The standard InChI is InChI=1S/C16H13BrN4O/c17-13-1-3-14(4-2-13)20-16(22)11-21-15(7-10-19-21)12-5-8-18-9-6-12/h1-10H,11H2,(H,20,22). The molecule has 0 spiro atoms. The quantitative estimate of drug-likeness (QED) is 0.779. The van der Waals surface area contributed by atoms with Crippen molar-refractivity contribution in [2.75, 3.05) is 5.32 Å². The Balaban J connectivity index is 1.73. The van der Waals surface area contributed by atoms with E-state index in [9.17, 15) is 4.79 Å². The van der Waals surface area contributed by atoms with Gasteiger partial charge in [0.1, 0.15) is 6.54 Å². The van der Waals surface area contributed by atoms with Crippen LogP contribution >= 0.6 is 15.9 Å². The van der Waals surface area contributed by atoms with Gasteiger partial charge in [-0.3, -0.25) is 14.5 Å². The number of hydrogen-bond donors (Lipinski definition) is 1. The number of nitrogens with zero attached hydrogens (tertiary/aromatic N) is 3. The van der Waals surface area contributed by atoms with Crippen LogP contribution in [0.5, 0.6) is 0 Å². The van der Waals surface area contributed by atoms with E-state index in [-0.39, 0.29) is 12.5 Å². The third kappa shape index (κ3) is 3.40. The molecular weight excluding hydrogens is 344 g/mol. The van der Waals surface area contributed by atoms with Gasteiger partial charge in [-0.25, -0.2) is 0 Å². The van der Waals surface area contributed by atoms with Gasteiger partial charge in [0.2, 0.25) is 5.91 Å². The summed E-state index contributed by atoms with van der Waals surface area (Å²) in [6.45, 7) is 0.153. The van der Waals surface area contributed by atoms with Crippen LogP contribution in [0.25, 0.3) is 11.3 Å². The van der Waals surface area contributed by atoms with Crippen LogP contribution in [-0.4, -0.2) is 20.7 Å². The van der Waals surface area contributed by atoms with Crippen LogP contribution in [0, 0.1) is 0 Å². The first kappa shape index (κ1) is 14.5. The summed E-state index contributed by atoms with van der Waals surface area (Å²) in [4.78, 5) is 16.1. The van der Waals surface area contributed by atoms with E-state index in [0.29, 0.717) is 0 Å². The van der Waals surface area contributed by atoms with E-state index in [2.05, 4.69) is 31.3 Å². The Morgan fingerprint density at radius 2 is 1.77 bits per heavy atom. The largest absolute Gasteiger partial charge is 0.324 e. The van der Waals surface area contributed by atoms with Gasteiger partial charge in [-0.05, 0) is 42.5 Å². The Bertz CT molecular complexity index is 768. The van der Waals surface area contributed by atoms with Crippen LogP contribution in [0.4, 0.5) is 5.69 Å². The summed E-state index contributed by atoms with van der Waals surface area (Å²) in [7, 11) is 0. The molecule has 3 aromatic rings. The molecule has 0 bridgehead atoms. The molecule has 0 unspecified atom stereocenters. The van der Waals surface area contributed by atoms with Crippen molar-refractivity contribution in [3.63, 3.8) is 0 Å². The number of halogens is 1. The Kier molecular flexibility index (Phi) is 4.29. The van der Waals surface area contributed by atoms with Crippen LogP contribution in [0.15, 0.2) is 65.5 Å². The lowest BCUT2D eigenvalue weighted by Gasteiger charge is -2.08. The van der Waals surface area contributed by atoms with E-state index in [1.807, 2.05) is 42.5 Å². The number of anilines is 1. The zero-order valence-electron chi connectivity index (χ0n) is 11.6. The average Bonchev–Trinajstić information content (AvgIpc) is 2.98. The lowest BCUT2D eigenvalue weighted by atomic mass is 10.2. The maximum atomic E-state index is 12.2. The second-order valence-corrected chi connectivity index (χ2v) is 5.58. The number of rotatable bonds is 4. The zero-order valence-corrected chi connectivity index (χ0v) is 13.2. The third-order valence-corrected chi connectivity index (χ3v) is 3.64. The predicted molar refractivity (Wildman–Crippen MR) is 88.2 cm³/mol. The number of pyridine rings is 1. The molecule has 0 aliphatic carbocycles. The summed E-state index contributed by atoms with van der Waals surface area (Å²) in [6.07, 6.45) is 5.12. The van der Waals surface area contributed by atoms with Crippen LogP contribution in [0.1, 0.15) is 0 Å². The van der Waals surface area contributed by atoms with Crippen molar-refractivity contribution in [2.45, 2.75) is 6.54 Å². The molecule has 2 aromatic heterocycles. The lowest BCUT2D eigenvalue weighted by Crippen LogP contribution is -2.20. The molecule has 0 aliphatic heterocycles. The number of carbonyl (C=O) groups is 1. The minimum Gasteiger partial charge on any atom is -0.324 e. The summed E-state index contributed by atoms with van der Waals surface area (Å²) in [5.74, 6) is -0.124. The fourth-order valence-electron chi connectivity index (χ4n) is 2.10. The highest BCUT2D eigenvalue weighted by Gasteiger charge is 2.09. The minimum atomic E-state index is -0.124. The van der Waals surface area contributed by atoms with Gasteiger partial charge in [0.05, 0.1) is 5.69 Å². The summed E-state index contributed by atoms with van der Waals surface area (Å²) >= 11 is 3.36. The highest BCUT2D eigenvalue weighted by Crippen LogP contribution is 2.18. The van der Waals surface area contributed by atoms with Crippen molar-refractivity contribution < 1.29 is 4.79 Å². The van der Waals surface area contributed by atoms with E-state index in [1.54, 1.807) is 23.3 Å². The highest BCUT2D eigenvalue weighted by molar-refractivity contribution is 9.10. The summed E-state index contributed by atoms with van der Waals surface area (Å²) in [5, 5.41) is 7.07. The smallest absolute Gasteiger partial charge is 0.246 e. The molecule has 110 valence electrons. The molecular formula is C16H13BrN4O. The molecule has 1 N–H and O–H groups in total. The van der Waals surface area contributed by atoms with Gasteiger partial charge in [-0.2, -0.15) is 5.10 Å². The number of hydrogen-bond acceptors (Lipinski definition) is 3. The van der Waals surface area contributed by atoms with E-state index in [0.717, 1.165) is 21.4 Å². The maximum absolute atomic E-state index is 12.2. The van der Waals surface area contributed by atoms with Crippen molar-refractivity contribution in [1.29, 1.82) is 0 Å². The summed E-state index contributed by atoms with van der Waals surface area (Å²) in [6, 6.07) is 13.1. The fraction of sp³-hybridized carbons (Fsp3) is 0.0625. The minimum absolute atomic E-state index is 0.124. The molecule has 22 heavy (non-hydrogen) atoms. The molecule has 3 rings (SSSR count). The Hall–Kier alpha value is -2.47. The molecule has 0 saturated carbocycles. The van der Waals surface area contributed by atoms with Gasteiger partial charge >= 0.3 is 0 Å². The number of benzene rings is 1. The second kappa shape index (κ2) is 6.53. The van der Waals surface area contributed by atoms with Crippen LogP contribution in [0.3, 0.4) is 0 Å². The normalized spacial score (nSPS) is 10.4. The molecule has 1 amide bonds. The van der Waals surface area contributed by atoms with E-state index in [1.165, 1.54) is 0 Å². The number of carbonyl (C=O) groups excluding carboxylic acids is 1. The molecule has 2 heterocycles. The maximum Gasteiger partial charge on any atom is 0.246 e. The van der Waals surface area contributed by atoms with Crippen LogP contribution in [0.2, 0.25) is 0 Å². The number of amides is 1. The van der Waals surface area contributed by atoms with E-state index >= 15 is 0 Å². The van der Waals surface area contributed by atoms with Gasteiger partial charge in [0.15, 0.2) is 0 Å². The fourth-order valence-corrected chi connectivity index (χ4v) is 2.36. The Labute approximate surface area is 136 Å². The molecule has 5 nitrogen and oxygen atoms in total. The average molecular weight is 357 g/mol. The molecule has 0 aliphatic rings. The van der Waals surface area contributed by atoms with Gasteiger partial charge < -0.3 is 5.32 Å². The first-order valence-electron chi connectivity index (χ1n) is 6.70. The molecule has 0 saturated heterocycles. The lowest BCUT2D eigenvalue weighted by molar-refractivity contribution is -0.116. The topological polar surface area (TPSA) is 59.8 Å². The molecule has 0 radical (unpaired) electrons. The first-order chi connectivity index (χ1) is 10.7. The third-order valence-electron chi connectivity index (χ3n) is 3.11. The van der Waals surface area contributed by atoms with Gasteiger partial charge in [0.25, 0.3) is 0 Å². The van der Waals surface area contributed by atoms with Crippen molar-refractivity contribution in [3.8, 4) is 11.3 Å². The summed E-state index contributed by atoms with van der Waals surface area (Å²) in [5.41, 5.74) is 2.61.